The van der Waals surface area contributed by atoms with Gasteiger partial charge in [-0.2, -0.15) is 0 Å². The summed E-state index contributed by atoms with van der Waals surface area (Å²) in [5, 5.41) is 10.3. The van der Waals surface area contributed by atoms with Gasteiger partial charge in [-0.15, -0.1) is 0 Å². The number of pyridine rings is 3. The van der Waals surface area contributed by atoms with Gasteiger partial charge in [0.2, 0.25) is 17.8 Å². The number of anilines is 3. The minimum Gasteiger partial charge on any atom is -0.348 e. The molecule has 0 aliphatic carbocycles. The second-order valence-corrected chi connectivity index (χ2v) is 28.8. The first-order chi connectivity index (χ1) is 54.4. The van der Waals surface area contributed by atoms with Gasteiger partial charge in [-0.05, 0) is 253 Å². The summed E-state index contributed by atoms with van der Waals surface area (Å²) in [6, 6.07) is 68.8. The molecular weight excluding hydrogens is 1390 g/mol. The van der Waals surface area contributed by atoms with Crippen LogP contribution in [0, 0.1) is 17.5 Å². The van der Waals surface area contributed by atoms with Crippen molar-refractivity contribution in [2.75, 3.05) is 55.2 Å². The Kier molecular flexibility index (Phi) is 22.1. The molecule has 0 amide bonds. The Labute approximate surface area is 643 Å². The molecule has 12 heterocycles. The van der Waals surface area contributed by atoms with E-state index in [0.29, 0.717) is 17.8 Å². The Balaban J connectivity index is 0.000000126. The van der Waals surface area contributed by atoms with Crippen LogP contribution in [-0.2, 0) is 19.6 Å². The van der Waals surface area contributed by atoms with Crippen molar-refractivity contribution in [3.05, 3.63) is 306 Å². The van der Waals surface area contributed by atoms with Crippen LogP contribution in [0.1, 0.15) is 111 Å². The van der Waals surface area contributed by atoms with E-state index in [4.69, 9.17) is 29.9 Å². The largest absolute Gasteiger partial charge is 0.348 e. The highest BCUT2D eigenvalue weighted by Crippen LogP contribution is 2.38. The van der Waals surface area contributed by atoms with Crippen molar-refractivity contribution in [1.82, 2.24) is 72.8 Å². The highest BCUT2D eigenvalue weighted by Gasteiger charge is 2.25. The summed E-state index contributed by atoms with van der Waals surface area (Å²) in [4.78, 5) is 50.5. The standard InChI is InChI=1S/C31H31FN6.C30H29FN6.C29H27FN6/c1-22(24-8-4-2-5-9-24)34-31-33-16-14-27(35-31)30-29(25-10-12-26(32)13-11-25)36-28-20-23(15-19-38(28)30)21-37-17-6-3-7-18-37;1-21(23-7-3-2-4-8-23)33-30-32-15-13-26(34-30)29-28(24-9-11-25(31)12-10-24)35-27-19-22(14-18-37(27)29)20-36-16-5-6-17-36;1-20(22-6-3-2-4-7-22)32-29-31-14-12-25(33-29)28-27(23-8-10-24(30)11-9-23)34-26-18-21(13-17-36(26)28)19-35-15-5-16-35/h2,4-5,8-16,19-20,22H,3,6-7,17-18,21H2,1H3,(H,33,34,35);2-4,7-15,18-19,21H,5-6,16-17,20H2,1H3,(H,32,33,34);2-4,6-14,17-18,20H,5,15-16,19H2,1H3,(H,31,32,33)/t22-;21-;20-/m000/s1. The molecule has 3 saturated heterocycles. The third-order valence-corrected chi connectivity index (χ3v) is 20.9. The highest BCUT2D eigenvalue weighted by atomic mass is 19.1. The van der Waals surface area contributed by atoms with E-state index < -0.39 is 0 Å². The van der Waals surface area contributed by atoms with Gasteiger partial charge in [-0.1, -0.05) is 97.4 Å². The fourth-order valence-corrected chi connectivity index (χ4v) is 14.8. The zero-order valence-corrected chi connectivity index (χ0v) is 62.4. The maximum absolute atomic E-state index is 13.8. The number of nitrogens with zero attached hydrogens (tertiary/aromatic N) is 15. The lowest BCUT2D eigenvalue weighted by Crippen LogP contribution is -2.36. The number of hydrogen-bond donors (Lipinski definition) is 3. The van der Waals surface area contributed by atoms with Crippen molar-refractivity contribution in [2.24, 2.45) is 0 Å². The maximum atomic E-state index is 13.8. The number of hydrogen-bond acceptors (Lipinski definition) is 15. The van der Waals surface area contributed by atoms with Gasteiger partial charge in [0.25, 0.3) is 0 Å². The number of rotatable bonds is 21. The number of likely N-dealkylation sites (tertiary alicyclic amines) is 3. The quantitative estimate of drug-likeness (QED) is 0.0619. The first-order valence-corrected chi connectivity index (χ1v) is 38.3. The molecule has 18 nitrogen and oxygen atoms in total. The van der Waals surface area contributed by atoms with Crippen LogP contribution in [0.3, 0.4) is 0 Å². The molecule has 3 atom stereocenters. The van der Waals surface area contributed by atoms with Gasteiger partial charge in [0.1, 0.15) is 34.4 Å². The number of aromatic nitrogens is 12. The normalized spacial score (nSPS) is 14.8. The Morgan fingerprint density at radius 3 is 0.874 bits per heavy atom. The first-order valence-electron chi connectivity index (χ1n) is 38.3. The molecule has 558 valence electrons. The Hall–Kier alpha value is -12.3. The van der Waals surface area contributed by atoms with Gasteiger partial charge in [0, 0.05) is 73.5 Å². The average molecular weight is 1480 g/mol. The van der Waals surface area contributed by atoms with Crippen molar-refractivity contribution < 1.29 is 13.2 Å². The molecule has 0 radical (unpaired) electrons. The zero-order chi connectivity index (χ0) is 75.6. The molecule has 6 aromatic carbocycles. The molecule has 18 rings (SSSR count). The van der Waals surface area contributed by atoms with Gasteiger partial charge in [-0.25, -0.2) is 58.0 Å². The second kappa shape index (κ2) is 33.7. The molecule has 3 aliphatic rings. The minimum atomic E-state index is -0.274. The molecule has 111 heavy (non-hydrogen) atoms. The van der Waals surface area contributed by atoms with E-state index in [1.807, 2.05) is 72.8 Å². The number of nitrogens with one attached hydrogen (secondary N) is 3. The number of imidazole rings is 3. The molecular formula is C90H87F3N18. The number of benzene rings is 6. The molecule has 3 fully saturated rings. The second-order valence-electron chi connectivity index (χ2n) is 28.8. The lowest BCUT2D eigenvalue weighted by molar-refractivity contribution is 0.172. The minimum absolute atomic E-state index is 0.0440. The molecule has 0 bridgehead atoms. The highest BCUT2D eigenvalue weighted by molar-refractivity contribution is 5.83. The predicted molar refractivity (Wildman–Crippen MR) is 434 cm³/mol. The van der Waals surface area contributed by atoms with Crippen LogP contribution in [-0.4, -0.2) is 112 Å². The summed E-state index contributed by atoms with van der Waals surface area (Å²) in [6.07, 6.45) is 19.1. The molecule has 0 unspecified atom stereocenters. The molecule has 0 saturated carbocycles. The van der Waals surface area contributed by atoms with E-state index in [2.05, 4.69) is 171 Å². The third-order valence-electron chi connectivity index (χ3n) is 20.9. The van der Waals surface area contributed by atoms with Crippen molar-refractivity contribution in [1.29, 1.82) is 0 Å². The van der Waals surface area contributed by atoms with Gasteiger partial charge in [-0.3, -0.25) is 27.9 Å². The number of fused-ring (bicyclic) bond motifs is 3. The molecule has 3 aliphatic heterocycles. The van der Waals surface area contributed by atoms with E-state index in [1.54, 1.807) is 55.0 Å². The van der Waals surface area contributed by atoms with E-state index in [-0.39, 0.29) is 35.6 Å². The SMILES string of the molecule is C[C@H](Nc1nccc(-c2c(-c3ccc(F)cc3)nc3cc(CN4CCC4)ccn23)n1)c1ccccc1.C[C@H](Nc1nccc(-c2c(-c3ccc(F)cc3)nc3cc(CN4CCCC4)ccn23)n1)c1ccccc1.C[C@H](Nc1nccc(-c2c(-c3ccc(F)cc3)nc3cc(CN4CCCCC4)ccn23)n1)c1ccccc1. The van der Waals surface area contributed by atoms with E-state index in [9.17, 15) is 13.2 Å². The average Bonchev–Trinajstić information content (AvgIpc) is 1.63. The van der Waals surface area contributed by atoms with Crippen LogP contribution in [0.4, 0.5) is 31.0 Å². The van der Waals surface area contributed by atoms with Crippen LogP contribution < -0.4 is 16.0 Å². The van der Waals surface area contributed by atoms with Gasteiger partial charge >= 0.3 is 0 Å². The van der Waals surface area contributed by atoms with Crippen molar-refractivity contribution in [2.45, 2.75) is 97.1 Å². The van der Waals surface area contributed by atoms with Crippen LogP contribution in [0.25, 0.3) is 84.9 Å². The van der Waals surface area contributed by atoms with Crippen LogP contribution in [0.2, 0.25) is 0 Å². The first kappa shape index (κ1) is 72.9. The maximum Gasteiger partial charge on any atom is 0.223 e. The fourth-order valence-electron chi connectivity index (χ4n) is 14.8. The molecule has 21 heteroatoms. The summed E-state index contributed by atoms with van der Waals surface area (Å²) < 4.78 is 47.4. The topological polar surface area (TPSA) is 175 Å². The fraction of sp³-hybridized carbons (Fsp3) is 0.233. The van der Waals surface area contributed by atoms with Crippen LogP contribution in [0.5, 0.6) is 0 Å². The Bertz CT molecular complexity index is 5630. The van der Waals surface area contributed by atoms with E-state index in [0.717, 1.165) is 160 Å². The van der Waals surface area contributed by atoms with Gasteiger partial charge < -0.3 is 16.0 Å². The number of halogens is 3. The summed E-state index contributed by atoms with van der Waals surface area (Å²) in [7, 11) is 0. The predicted octanol–water partition coefficient (Wildman–Crippen LogP) is 19.1. The zero-order valence-electron chi connectivity index (χ0n) is 62.4. The van der Waals surface area contributed by atoms with Crippen molar-refractivity contribution >= 4 is 34.8 Å². The Morgan fingerprint density at radius 1 is 0.315 bits per heavy atom. The lowest BCUT2D eigenvalue weighted by atomic mass is 10.1. The van der Waals surface area contributed by atoms with Gasteiger partial charge in [0.15, 0.2) is 0 Å². The number of piperidine rings is 1. The summed E-state index contributed by atoms with van der Waals surface area (Å²) >= 11 is 0. The summed E-state index contributed by atoms with van der Waals surface area (Å²) in [5.41, 5.74) is 19.3. The smallest absolute Gasteiger partial charge is 0.223 e. The monoisotopic (exact) mass is 1480 g/mol. The third kappa shape index (κ3) is 17.3. The van der Waals surface area contributed by atoms with E-state index >= 15 is 0 Å². The van der Waals surface area contributed by atoms with Crippen molar-refractivity contribution in [3.8, 4) is 67.9 Å². The lowest BCUT2D eigenvalue weighted by Gasteiger charge is -2.30. The summed E-state index contributed by atoms with van der Waals surface area (Å²) in [5.74, 6) is 0.805. The van der Waals surface area contributed by atoms with Crippen LogP contribution in [0.15, 0.2) is 256 Å². The molecule has 9 aromatic heterocycles. The van der Waals surface area contributed by atoms with Crippen molar-refractivity contribution in [3.63, 3.8) is 0 Å². The summed E-state index contributed by atoms with van der Waals surface area (Å²) in [6.45, 7) is 15.9. The molecule has 3 N–H and O–H groups in total. The van der Waals surface area contributed by atoms with Gasteiger partial charge in [0.05, 0.1) is 69.4 Å². The molecule has 15 aromatic rings. The van der Waals surface area contributed by atoms with E-state index in [1.165, 1.54) is 91.6 Å². The van der Waals surface area contributed by atoms with Crippen LogP contribution >= 0.6 is 0 Å². The Morgan fingerprint density at radius 2 is 0.595 bits per heavy atom. The molecule has 0 spiro atoms.